The van der Waals surface area contributed by atoms with Crippen LogP contribution in [0.5, 0.6) is 0 Å². The van der Waals surface area contributed by atoms with Crippen molar-refractivity contribution in [3.05, 3.63) is 0 Å². The first kappa shape index (κ1) is 25.9. The Bertz CT molecular complexity index is 777. The predicted molar refractivity (Wildman–Crippen MR) is 119 cm³/mol. The zero-order valence-corrected chi connectivity index (χ0v) is 19.9. The largest absolute Gasteiger partial charge is 0.393 e. The van der Waals surface area contributed by atoms with Gasteiger partial charge in [0.25, 0.3) is 0 Å². The fraction of sp³-hybridized carbons (Fsp3) is 0.909. The van der Waals surface area contributed by atoms with Crippen molar-refractivity contribution < 1.29 is 22.7 Å². The van der Waals surface area contributed by atoms with E-state index in [0.717, 1.165) is 0 Å². The number of rotatable bonds is 6. The second-order valence-electron chi connectivity index (χ2n) is 10.1. The van der Waals surface area contributed by atoms with E-state index in [1.54, 1.807) is 0 Å². The Balaban J connectivity index is 1.44. The van der Waals surface area contributed by atoms with E-state index in [-0.39, 0.29) is 42.6 Å². The van der Waals surface area contributed by atoms with Gasteiger partial charge in [-0.3, -0.25) is 15.0 Å². The van der Waals surface area contributed by atoms with E-state index < -0.39 is 22.9 Å². The summed E-state index contributed by atoms with van der Waals surface area (Å²) in [7, 11) is 0. The Morgan fingerprint density at radius 3 is 2.76 bits per heavy atom. The minimum Gasteiger partial charge on any atom is -0.374 e. The van der Waals surface area contributed by atoms with Crippen LogP contribution in [0.25, 0.3) is 0 Å². The van der Waals surface area contributed by atoms with Gasteiger partial charge >= 0.3 is 6.18 Å². The molecule has 0 aromatic carbocycles. The molecule has 0 radical (unpaired) electrons. The number of nitriles is 1. The maximum atomic E-state index is 13.5. The van der Waals surface area contributed by atoms with E-state index in [4.69, 9.17) is 22.1 Å². The van der Waals surface area contributed by atoms with E-state index >= 15 is 0 Å². The fourth-order valence-corrected chi connectivity index (χ4v) is 5.88. The minimum atomic E-state index is -4.32. The van der Waals surface area contributed by atoms with Gasteiger partial charge in [-0.05, 0) is 38.0 Å². The molecule has 2 heterocycles. The summed E-state index contributed by atoms with van der Waals surface area (Å²) in [5.41, 5.74) is 4.92. The summed E-state index contributed by atoms with van der Waals surface area (Å²) in [4.78, 5) is 14.7. The molecule has 2 saturated heterocycles. The maximum Gasteiger partial charge on any atom is 0.393 e. The molecule has 12 heteroatoms. The molecule has 0 aromatic rings. The summed E-state index contributed by atoms with van der Waals surface area (Å²) in [6.07, 6.45) is -2.82. The van der Waals surface area contributed by atoms with Crippen molar-refractivity contribution in [3.63, 3.8) is 0 Å². The molecule has 2 aliphatic carbocycles. The van der Waals surface area contributed by atoms with Crippen LogP contribution in [0.1, 0.15) is 32.1 Å². The molecular formula is C22H34ClF3N6O2. The van der Waals surface area contributed by atoms with Gasteiger partial charge < -0.3 is 21.1 Å². The lowest BCUT2D eigenvalue weighted by atomic mass is 9.78. The van der Waals surface area contributed by atoms with Crippen molar-refractivity contribution in [2.45, 2.75) is 62.1 Å². The zero-order chi connectivity index (χ0) is 24.5. The van der Waals surface area contributed by atoms with Crippen LogP contribution in [0.4, 0.5) is 13.2 Å². The molecule has 0 bridgehead atoms. The van der Waals surface area contributed by atoms with E-state index in [1.165, 1.54) is 0 Å². The number of nitrogens with two attached hydrogens (primary N) is 1. The molecule has 2 saturated carbocycles. The van der Waals surface area contributed by atoms with Gasteiger partial charge in [-0.25, -0.2) is 0 Å². The standard InChI is InChI=1S/C22H34ClF3N6O2/c23-17-2-1-13(7-16(17)22(24,25)26)18-29-9-14(10-30-20(33)21(12-28)3-4-21)19(31-18)32-5-6-34-15(8-27)11-32/h13-19,29,31H,1-11,27H2,(H,30,33). The predicted octanol–water partition coefficient (Wildman–Crippen LogP) is 1.11. The van der Waals surface area contributed by atoms with E-state index in [2.05, 4.69) is 26.9 Å². The van der Waals surface area contributed by atoms with E-state index in [1.807, 2.05) is 0 Å². The van der Waals surface area contributed by atoms with Crippen LogP contribution >= 0.6 is 11.6 Å². The normalized spacial score (nSPS) is 38.6. The van der Waals surface area contributed by atoms with Gasteiger partial charge in [-0.2, -0.15) is 18.4 Å². The first-order valence-electron chi connectivity index (χ1n) is 12.1. The van der Waals surface area contributed by atoms with Crippen molar-refractivity contribution in [2.24, 2.45) is 28.9 Å². The van der Waals surface area contributed by atoms with Gasteiger partial charge in [-0.1, -0.05) is 0 Å². The van der Waals surface area contributed by atoms with Gasteiger partial charge in [0.15, 0.2) is 0 Å². The third-order valence-electron chi connectivity index (χ3n) is 7.85. The maximum absolute atomic E-state index is 13.5. The second-order valence-corrected chi connectivity index (χ2v) is 10.7. The highest BCUT2D eigenvalue weighted by Crippen LogP contribution is 2.45. The quantitative estimate of drug-likeness (QED) is 0.399. The Hall–Kier alpha value is -1.16. The Morgan fingerprint density at radius 2 is 2.12 bits per heavy atom. The molecular weight excluding hydrogens is 473 g/mol. The smallest absolute Gasteiger partial charge is 0.374 e. The number of halogens is 4. The number of nitrogens with zero attached hydrogens (tertiary/aromatic N) is 2. The summed E-state index contributed by atoms with van der Waals surface area (Å²) >= 11 is 6.04. The molecule has 34 heavy (non-hydrogen) atoms. The van der Waals surface area contributed by atoms with Crippen molar-refractivity contribution in [1.29, 1.82) is 5.26 Å². The second kappa shape index (κ2) is 10.4. The number of carbonyl (C=O) groups is 1. The molecule has 8 nitrogen and oxygen atoms in total. The van der Waals surface area contributed by atoms with E-state index in [9.17, 15) is 23.2 Å². The van der Waals surface area contributed by atoms with Gasteiger partial charge in [0.05, 0.1) is 37.0 Å². The number of nitrogens with one attached hydrogen (secondary N) is 3. The zero-order valence-electron chi connectivity index (χ0n) is 19.1. The number of hydrogen-bond acceptors (Lipinski definition) is 7. The number of morpholine rings is 1. The number of amides is 1. The van der Waals surface area contributed by atoms with Crippen LogP contribution in [0, 0.1) is 34.5 Å². The number of carbonyl (C=O) groups excluding carboxylic acids is 1. The third-order valence-corrected chi connectivity index (χ3v) is 8.37. The summed E-state index contributed by atoms with van der Waals surface area (Å²) in [6, 6.07) is 2.11. The highest BCUT2D eigenvalue weighted by molar-refractivity contribution is 6.20. The molecule has 7 atom stereocenters. The molecule has 4 fully saturated rings. The first-order chi connectivity index (χ1) is 16.2. The Kier molecular flexibility index (Phi) is 7.96. The minimum absolute atomic E-state index is 0.0182. The molecule has 7 unspecified atom stereocenters. The molecule has 192 valence electrons. The lowest BCUT2D eigenvalue weighted by Gasteiger charge is -2.49. The number of alkyl halides is 4. The van der Waals surface area contributed by atoms with Crippen LogP contribution in [-0.4, -0.2) is 80.1 Å². The Morgan fingerprint density at radius 1 is 1.35 bits per heavy atom. The Labute approximate surface area is 203 Å². The summed E-state index contributed by atoms with van der Waals surface area (Å²) < 4.78 is 46.3. The van der Waals surface area contributed by atoms with Crippen LogP contribution < -0.4 is 21.7 Å². The van der Waals surface area contributed by atoms with Crippen LogP contribution in [0.15, 0.2) is 0 Å². The number of hydrogen-bond donors (Lipinski definition) is 4. The van der Waals surface area contributed by atoms with Crippen molar-refractivity contribution in [1.82, 2.24) is 20.9 Å². The fourth-order valence-electron chi connectivity index (χ4n) is 5.51. The summed E-state index contributed by atoms with van der Waals surface area (Å²) in [5, 5.41) is 18.3. The summed E-state index contributed by atoms with van der Waals surface area (Å²) in [6.45, 7) is 3.06. The van der Waals surface area contributed by atoms with Crippen LogP contribution in [-0.2, 0) is 9.53 Å². The average molecular weight is 507 g/mol. The topological polar surface area (TPSA) is 115 Å². The molecule has 4 aliphatic rings. The highest BCUT2D eigenvalue weighted by Gasteiger charge is 2.51. The molecule has 0 aromatic heterocycles. The summed E-state index contributed by atoms with van der Waals surface area (Å²) in [5.74, 6) is -2.00. The molecule has 0 spiro atoms. The molecule has 2 aliphatic heterocycles. The van der Waals surface area contributed by atoms with Gasteiger partial charge in [0, 0.05) is 44.0 Å². The molecule has 1 amide bonds. The van der Waals surface area contributed by atoms with Crippen LogP contribution in [0.3, 0.4) is 0 Å². The average Bonchev–Trinajstić information content (AvgIpc) is 3.63. The van der Waals surface area contributed by atoms with Gasteiger partial charge in [0.2, 0.25) is 5.91 Å². The van der Waals surface area contributed by atoms with Gasteiger partial charge in [0.1, 0.15) is 5.41 Å². The lowest BCUT2D eigenvalue weighted by Crippen LogP contribution is -2.69. The van der Waals surface area contributed by atoms with Crippen molar-refractivity contribution in [3.8, 4) is 6.07 Å². The van der Waals surface area contributed by atoms with Crippen LogP contribution in [0.2, 0.25) is 0 Å². The van der Waals surface area contributed by atoms with Gasteiger partial charge in [-0.15, -0.1) is 11.6 Å². The third kappa shape index (κ3) is 5.63. The monoisotopic (exact) mass is 506 g/mol. The SMILES string of the molecule is N#CC1(C(=O)NCC2CNC(C3CCC(Cl)C(C(F)(F)F)C3)NC2N2CCOC(CN)C2)CC1. The lowest BCUT2D eigenvalue weighted by molar-refractivity contribution is -0.186. The molecule has 4 rings (SSSR count). The highest BCUT2D eigenvalue weighted by atomic mass is 35.5. The van der Waals surface area contributed by atoms with Crippen molar-refractivity contribution in [2.75, 3.05) is 39.3 Å². The van der Waals surface area contributed by atoms with Crippen molar-refractivity contribution >= 4 is 17.5 Å². The molecule has 5 N–H and O–H groups in total. The number of ether oxygens (including phenoxy) is 1. The van der Waals surface area contributed by atoms with E-state index in [0.29, 0.717) is 65.0 Å². The first-order valence-corrected chi connectivity index (χ1v) is 12.6.